The number of carbonyl (C=O) groups is 1. The Balaban J connectivity index is 4.12. The van der Waals surface area contributed by atoms with Crippen LogP contribution in [0.1, 0.15) is 0 Å². The first-order valence-corrected chi connectivity index (χ1v) is 7.53. The third-order valence-electron chi connectivity index (χ3n) is 1.16. The molecular weight excluding hydrogens is 182 g/mol. The second-order valence-electron chi connectivity index (χ2n) is 3.60. The van der Waals surface area contributed by atoms with Gasteiger partial charge in [-0.2, -0.15) is 0 Å². The standard InChI is InChI=1S/C9H17NO2Si/c1-6-8(11)10-9(7-2)12-13(3,4)5/h6-7,9H,1-2H2,3-5H3,(H,10,11). The molecule has 13 heavy (non-hydrogen) atoms. The minimum absolute atomic E-state index is 0.247. The molecule has 0 aromatic carbocycles. The molecular formula is C9H17NO2Si. The summed E-state index contributed by atoms with van der Waals surface area (Å²) in [4.78, 5) is 10.9. The largest absolute Gasteiger partial charge is 0.395 e. The van der Waals surface area contributed by atoms with Crippen LogP contribution < -0.4 is 5.32 Å². The monoisotopic (exact) mass is 199 g/mol. The Hall–Kier alpha value is -0.873. The highest BCUT2D eigenvalue weighted by molar-refractivity contribution is 6.69. The normalized spacial score (nSPS) is 13.2. The van der Waals surface area contributed by atoms with Gasteiger partial charge in [-0.3, -0.25) is 4.79 Å². The lowest BCUT2D eigenvalue weighted by molar-refractivity contribution is -0.118. The van der Waals surface area contributed by atoms with Crippen molar-refractivity contribution in [3.05, 3.63) is 25.3 Å². The van der Waals surface area contributed by atoms with Gasteiger partial charge in [0.25, 0.3) is 0 Å². The minimum Gasteiger partial charge on any atom is -0.395 e. The number of hydrogen-bond acceptors (Lipinski definition) is 2. The maximum Gasteiger partial charge on any atom is 0.245 e. The first-order chi connectivity index (χ1) is 5.89. The maximum atomic E-state index is 10.9. The van der Waals surface area contributed by atoms with E-state index < -0.39 is 14.5 Å². The van der Waals surface area contributed by atoms with E-state index in [2.05, 4.69) is 18.5 Å². The second kappa shape index (κ2) is 4.99. The first kappa shape index (κ1) is 12.1. The summed E-state index contributed by atoms with van der Waals surface area (Å²) >= 11 is 0. The zero-order valence-electron chi connectivity index (χ0n) is 8.46. The van der Waals surface area contributed by atoms with E-state index in [9.17, 15) is 4.79 Å². The van der Waals surface area contributed by atoms with Gasteiger partial charge >= 0.3 is 0 Å². The molecule has 0 aromatic rings. The van der Waals surface area contributed by atoms with Gasteiger partial charge in [0.15, 0.2) is 8.32 Å². The summed E-state index contributed by atoms with van der Waals surface area (Å²) in [5.41, 5.74) is 0. The van der Waals surface area contributed by atoms with Crippen LogP contribution in [0.25, 0.3) is 0 Å². The van der Waals surface area contributed by atoms with E-state index in [1.807, 2.05) is 19.6 Å². The Morgan fingerprint density at radius 1 is 1.46 bits per heavy atom. The first-order valence-electron chi connectivity index (χ1n) is 4.12. The van der Waals surface area contributed by atoms with Crippen molar-refractivity contribution in [1.82, 2.24) is 5.32 Å². The summed E-state index contributed by atoms with van der Waals surface area (Å²) in [5, 5.41) is 2.61. The van der Waals surface area contributed by atoms with Crippen molar-refractivity contribution in [3.63, 3.8) is 0 Å². The summed E-state index contributed by atoms with van der Waals surface area (Å²) in [6.07, 6.45) is 2.38. The third-order valence-corrected chi connectivity index (χ3v) is 2.13. The topological polar surface area (TPSA) is 38.3 Å². The molecule has 0 rings (SSSR count). The number of hydrogen-bond donors (Lipinski definition) is 1. The van der Waals surface area contributed by atoms with Crippen LogP contribution in [0.4, 0.5) is 0 Å². The fraction of sp³-hybridized carbons (Fsp3) is 0.444. The van der Waals surface area contributed by atoms with Gasteiger partial charge in [0.1, 0.15) is 6.23 Å². The molecule has 0 aliphatic heterocycles. The van der Waals surface area contributed by atoms with Gasteiger partial charge in [-0.1, -0.05) is 13.2 Å². The van der Waals surface area contributed by atoms with Crippen LogP contribution in [0.15, 0.2) is 25.3 Å². The Morgan fingerprint density at radius 2 is 2.00 bits per heavy atom. The molecule has 0 aromatic heterocycles. The van der Waals surface area contributed by atoms with Gasteiger partial charge in [0.05, 0.1) is 0 Å². The van der Waals surface area contributed by atoms with Crippen molar-refractivity contribution in [3.8, 4) is 0 Å². The van der Waals surface area contributed by atoms with Crippen LogP contribution in [-0.2, 0) is 9.22 Å². The van der Waals surface area contributed by atoms with Crippen molar-refractivity contribution < 1.29 is 9.22 Å². The zero-order chi connectivity index (χ0) is 10.5. The maximum absolute atomic E-state index is 10.9. The minimum atomic E-state index is -1.64. The molecule has 1 amide bonds. The lowest BCUT2D eigenvalue weighted by Gasteiger charge is -2.24. The number of rotatable bonds is 5. The van der Waals surface area contributed by atoms with Crippen molar-refractivity contribution in [2.45, 2.75) is 25.9 Å². The molecule has 74 valence electrons. The van der Waals surface area contributed by atoms with Crippen LogP contribution in [0, 0.1) is 0 Å². The van der Waals surface area contributed by atoms with Crippen molar-refractivity contribution in [1.29, 1.82) is 0 Å². The molecule has 0 saturated carbocycles. The van der Waals surface area contributed by atoms with Gasteiger partial charge in [0, 0.05) is 0 Å². The molecule has 0 bridgehead atoms. The molecule has 0 fully saturated rings. The quantitative estimate of drug-likeness (QED) is 0.316. The summed E-state index contributed by atoms with van der Waals surface area (Å²) in [5.74, 6) is -0.247. The molecule has 4 heteroatoms. The molecule has 3 nitrogen and oxygen atoms in total. The highest BCUT2D eigenvalue weighted by Gasteiger charge is 2.19. The number of nitrogens with one attached hydrogen (secondary N) is 1. The van der Waals surface area contributed by atoms with Crippen LogP contribution in [-0.4, -0.2) is 20.5 Å². The van der Waals surface area contributed by atoms with Gasteiger partial charge < -0.3 is 9.74 Å². The SMILES string of the molecule is C=CC(=O)NC(C=C)O[Si](C)(C)C. The zero-order valence-corrected chi connectivity index (χ0v) is 9.46. The average Bonchev–Trinajstić information content (AvgIpc) is 2.00. The molecule has 1 N–H and O–H groups in total. The van der Waals surface area contributed by atoms with E-state index in [4.69, 9.17) is 4.43 Å². The second-order valence-corrected chi connectivity index (χ2v) is 8.06. The van der Waals surface area contributed by atoms with Gasteiger partial charge in [0.2, 0.25) is 5.91 Å². The van der Waals surface area contributed by atoms with E-state index in [1.165, 1.54) is 6.08 Å². The predicted molar refractivity (Wildman–Crippen MR) is 56.8 cm³/mol. The van der Waals surface area contributed by atoms with E-state index in [0.29, 0.717) is 0 Å². The Kier molecular flexibility index (Phi) is 4.65. The van der Waals surface area contributed by atoms with Crippen molar-refractivity contribution >= 4 is 14.2 Å². The Labute approximate surface area is 80.6 Å². The molecule has 0 saturated heterocycles. The van der Waals surface area contributed by atoms with Gasteiger partial charge in [-0.05, 0) is 31.8 Å². The lowest BCUT2D eigenvalue weighted by Crippen LogP contribution is -2.41. The fourth-order valence-corrected chi connectivity index (χ4v) is 1.63. The third kappa shape index (κ3) is 6.30. The van der Waals surface area contributed by atoms with Gasteiger partial charge in [-0.15, -0.1) is 0 Å². The summed E-state index contributed by atoms with van der Waals surface area (Å²) in [6, 6.07) is 0. The molecule has 0 radical (unpaired) electrons. The van der Waals surface area contributed by atoms with E-state index in [0.717, 1.165) is 0 Å². The predicted octanol–water partition coefficient (Wildman–Crippen LogP) is 1.65. The van der Waals surface area contributed by atoms with Crippen molar-refractivity contribution in [2.24, 2.45) is 0 Å². The average molecular weight is 199 g/mol. The summed E-state index contributed by atoms with van der Waals surface area (Å²) in [7, 11) is -1.64. The van der Waals surface area contributed by atoms with Crippen LogP contribution in [0.5, 0.6) is 0 Å². The van der Waals surface area contributed by atoms with E-state index >= 15 is 0 Å². The van der Waals surface area contributed by atoms with Crippen LogP contribution >= 0.6 is 0 Å². The fourth-order valence-electron chi connectivity index (χ4n) is 0.717. The lowest BCUT2D eigenvalue weighted by atomic mass is 10.5. The summed E-state index contributed by atoms with van der Waals surface area (Å²) < 4.78 is 5.60. The molecule has 0 spiro atoms. The van der Waals surface area contributed by atoms with Crippen molar-refractivity contribution in [2.75, 3.05) is 0 Å². The molecule has 1 atom stereocenters. The highest BCUT2D eigenvalue weighted by atomic mass is 28.4. The highest BCUT2D eigenvalue weighted by Crippen LogP contribution is 2.06. The molecule has 1 unspecified atom stereocenters. The number of amides is 1. The van der Waals surface area contributed by atoms with E-state index in [1.54, 1.807) is 6.08 Å². The number of carbonyl (C=O) groups excluding carboxylic acids is 1. The smallest absolute Gasteiger partial charge is 0.245 e. The van der Waals surface area contributed by atoms with Crippen LogP contribution in [0.2, 0.25) is 19.6 Å². The van der Waals surface area contributed by atoms with Crippen LogP contribution in [0.3, 0.4) is 0 Å². The Morgan fingerprint density at radius 3 is 2.31 bits per heavy atom. The molecule has 0 heterocycles. The molecule has 0 aliphatic rings. The Bertz CT molecular complexity index is 208. The van der Waals surface area contributed by atoms with E-state index in [-0.39, 0.29) is 5.91 Å². The molecule has 0 aliphatic carbocycles. The van der Waals surface area contributed by atoms with Gasteiger partial charge in [-0.25, -0.2) is 0 Å². The summed E-state index contributed by atoms with van der Waals surface area (Å²) in [6.45, 7) is 13.1.